The zero-order valence-corrected chi connectivity index (χ0v) is 69.4. The lowest BCUT2D eigenvalue weighted by molar-refractivity contribution is 1.07. The first-order chi connectivity index (χ1) is 63.8. The van der Waals surface area contributed by atoms with E-state index in [1.807, 2.05) is 303 Å². The van der Waals surface area contributed by atoms with Crippen molar-refractivity contribution < 1.29 is 0 Å². The fourth-order valence-electron chi connectivity index (χ4n) is 17.0. The Kier molecular flexibility index (Phi) is 19.3. The number of aryl methyl sites for hydroxylation is 1. The van der Waals surface area contributed by atoms with Gasteiger partial charge in [-0.1, -0.05) is 315 Å². The van der Waals surface area contributed by atoms with Gasteiger partial charge >= 0.3 is 0 Å². The lowest BCUT2D eigenvalue weighted by atomic mass is 9.96. The number of rotatable bonds is 18. The van der Waals surface area contributed by atoms with Gasteiger partial charge in [0.05, 0.1) is 33.4 Å². The lowest BCUT2D eigenvalue weighted by Crippen LogP contribution is -2.04. The Morgan fingerprint density at radius 3 is 0.488 bits per heavy atom. The van der Waals surface area contributed by atoms with E-state index in [2.05, 4.69) is 125 Å². The van der Waals surface area contributed by atoms with E-state index in [4.69, 9.17) is 74.8 Å². The summed E-state index contributed by atoms with van der Waals surface area (Å²) in [7, 11) is 0. The molecule has 17 nitrogen and oxygen atoms in total. The van der Waals surface area contributed by atoms with Crippen molar-refractivity contribution >= 4 is 43.6 Å². The Labute approximate surface area is 741 Å². The molecular formula is C112H71N17. The van der Waals surface area contributed by atoms with Crippen LogP contribution in [0.4, 0.5) is 0 Å². The van der Waals surface area contributed by atoms with E-state index in [0.29, 0.717) is 87.4 Å². The molecule has 0 saturated carbocycles. The zero-order chi connectivity index (χ0) is 85.7. The van der Waals surface area contributed by atoms with E-state index in [-0.39, 0.29) is 0 Å². The molecule has 0 unspecified atom stereocenters. The van der Waals surface area contributed by atoms with Crippen LogP contribution in [0.3, 0.4) is 0 Å². The predicted molar refractivity (Wildman–Crippen MR) is 514 cm³/mol. The van der Waals surface area contributed by atoms with E-state index in [9.17, 15) is 0 Å². The van der Waals surface area contributed by atoms with Crippen molar-refractivity contribution in [2.45, 2.75) is 6.92 Å². The summed E-state index contributed by atoms with van der Waals surface area (Å²) in [4.78, 5) is 79.2. The Morgan fingerprint density at radius 2 is 0.295 bits per heavy atom. The van der Waals surface area contributed by atoms with E-state index in [1.54, 1.807) is 0 Å². The van der Waals surface area contributed by atoms with Crippen molar-refractivity contribution in [3.8, 4) is 193 Å². The molecule has 0 aliphatic carbocycles. The van der Waals surface area contributed by atoms with Crippen molar-refractivity contribution in [2.24, 2.45) is 0 Å². The molecule has 0 N–H and O–H groups in total. The first-order valence-corrected chi connectivity index (χ1v) is 42.6. The van der Waals surface area contributed by atoms with E-state index in [1.165, 1.54) is 0 Å². The Hall–Kier alpha value is -17.8. The van der Waals surface area contributed by atoms with E-state index in [0.717, 1.165) is 155 Å². The third kappa shape index (κ3) is 14.7. The van der Waals surface area contributed by atoms with Gasteiger partial charge in [-0.25, -0.2) is 74.8 Å². The molecule has 7 aromatic heterocycles. The highest BCUT2D eigenvalue weighted by molar-refractivity contribution is 6.14. The van der Waals surface area contributed by atoms with Gasteiger partial charge in [0.2, 0.25) is 0 Å². The summed E-state index contributed by atoms with van der Waals surface area (Å²) in [6.07, 6.45) is 0. The minimum Gasteiger partial charge on any atom is -0.309 e. The molecule has 0 saturated heterocycles. The molecular weight excluding hydrogens is 1580 g/mol. The lowest BCUT2D eigenvalue weighted by Gasteiger charge is -2.20. The van der Waals surface area contributed by atoms with Crippen molar-refractivity contribution in [3.63, 3.8) is 0 Å². The van der Waals surface area contributed by atoms with Gasteiger partial charge in [0.15, 0.2) is 87.4 Å². The Morgan fingerprint density at radius 1 is 0.140 bits per heavy atom. The van der Waals surface area contributed by atoms with Crippen LogP contribution >= 0.6 is 0 Å². The van der Waals surface area contributed by atoms with Gasteiger partial charge in [-0.05, 0) is 110 Å². The average Bonchev–Trinajstić information content (AvgIpc) is 1.57. The average molecular weight is 1650 g/mol. The van der Waals surface area contributed by atoms with Crippen LogP contribution in [0.1, 0.15) is 5.56 Å². The zero-order valence-electron chi connectivity index (χ0n) is 69.4. The number of hydrogen-bond acceptors (Lipinski definition) is 15. The topological polar surface area (TPSA) is 203 Å². The van der Waals surface area contributed by atoms with Gasteiger partial charge in [0.1, 0.15) is 0 Å². The second-order valence-corrected chi connectivity index (χ2v) is 31.5. The molecule has 23 rings (SSSR count). The smallest absolute Gasteiger partial charge is 0.164 e. The van der Waals surface area contributed by atoms with Gasteiger partial charge in [0.25, 0.3) is 0 Å². The molecule has 0 radical (unpaired) electrons. The molecule has 0 amide bonds. The quantitative estimate of drug-likeness (QED) is 0.0784. The molecule has 17 heteroatoms. The highest BCUT2D eigenvalue weighted by Gasteiger charge is 2.28. The first kappa shape index (κ1) is 76.1. The van der Waals surface area contributed by atoms with Crippen molar-refractivity contribution in [2.75, 3.05) is 0 Å². The molecule has 0 aliphatic heterocycles. The van der Waals surface area contributed by atoms with E-state index >= 15 is 0 Å². The van der Waals surface area contributed by atoms with Crippen LogP contribution in [0.2, 0.25) is 0 Å². The van der Waals surface area contributed by atoms with Crippen LogP contribution < -0.4 is 0 Å². The molecule has 16 aromatic carbocycles. The van der Waals surface area contributed by atoms with E-state index < -0.39 is 0 Å². The number of aromatic nitrogens is 17. The minimum atomic E-state index is 0.482. The second-order valence-electron chi connectivity index (χ2n) is 31.5. The van der Waals surface area contributed by atoms with Crippen LogP contribution in [0.25, 0.3) is 237 Å². The number of benzene rings is 16. The molecule has 0 spiro atoms. The molecule has 7 heterocycles. The third-order valence-corrected chi connectivity index (χ3v) is 23.2. The first-order valence-electron chi connectivity index (χ1n) is 42.6. The fraction of sp³-hybridized carbons (Fsp3) is 0.00893. The Balaban J connectivity index is 0.795. The molecule has 0 aliphatic rings. The highest BCUT2D eigenvalue weighted by Crippen LogP contribution is 2.46. The van der Waals surface area contributed by atoms with Gasteiger partial charge in [-0.15, -0.1) is 0 Å². The largest absolute Gasteiger partial charge is 0.309 e. The van der Waals surface area contributed by atoms with Crippen molar-refractivity contribution in [1.29, 1.82) is 0 Å². The van der Waals surface area contributed by atoms with Crippen LogP contribution in [0, 0.1) is 6.92 Å². The molecule has 129 heavy (non-hydrogen) atoms. The minimum absolute atomic E-state index is 0.482. The second kappa shape index (κ2) is 32.8. The maximum Gasteiger partial charge on any atom is 0.164 e. The van der Waals surface area contributed by atoms with Gasteiger partial charge in [0, 0.05) is 116 Å². The summed E-state index contributed by atoms with van der Waals surface area (Å²) >= 11 is 0. The van der Waals surface area contributed by atoms with Crippen molar-refractivity contribution in [3.05, 3.63) is 418 Å². The van der Waals surface area contributed by atoms with Gasteiger partial charge in [-0.3, -0.25) is 0 Å². The molecule has 23 aromatic rings. The monoisotopic (exact) mass is 1650 g/mol. The van der Waals surface area contributed by atoms with Crippen LogP contribution in [-0.2, 0) is 0 Å². The third-order valence-electron chi connectivity index (χ3n) is 23.2. The van der Waals surface area contributed by atoms with Crippen molar-refractivity contribution in [1.82, 2.24) is 83.9 Å². The van der Waals surface area contributed by atoms with Crippen LogP contribution in [0.15, 0.2) is 413 Å². The summed E-state index contributed by atoms with van der Waals surface area (Å²) in [5.41, 5.74) is 20.6. The van der Waals surface area contributed by atoms with Gasteiger partial charge in [-0.2, -0.15) is 0 Å². The Bertz CT molecular complexity index is 7540. The summed E-state index contributed by atoms with van der Waals surface area (Å²) in [5, 5.41) is 3.66. The van der Waals surface area contributed by atoms with Crippen LogP contribution in [-0.4, -0.2) is 83.9 Å². The molecule has 0 fully saturated rings. The normalized spacial score (nSPS) is 11.4. The summed E-state index contributed by atoms with van der Waals surface area (Å²) in [5.74, 6) is 7.96. The van der Waals surface area contributed by atoms with Crippen LogP contribution in [0.5, 0.6) is 0 Å². The summed E-state index contributed by atoms with van der Waals surface area (Å²) in [6, 6.07) is 140. The SMILES string of the molecule is Cc1ccc(-n2c3ccc(-c4nc(-c5ccccc5)nc(-c5ccccc5)n4)cc3c3cc(-c4nc(-c5ccccc5)nc(-c5ccccc5)n4)ccc32)c(-c2cc(-c3nc(-c4ccccc4)nc(-c4ccccc4)n3)ccc2-n2c3ccc(-c4nc(-c5ccccc5)nc(-c5ccccc5)n4)cc3c3cc(-c4nc(-c5ccccc5)nc(-c5ccccc5)n4)ccc32)c1. The maximum absolute atomic E-state index is 5.44. The molecule has 0 atom stereocenters. The van der Waals surface area contributed by atoms with Gasteiger partial charge < -0.3 is 9.13 Å². The number of nitrogens with zero attached hydrogens (tertiary/aromatic N) is 17. The molecule has 604 valence electrons. The predicted octanol–water partition coefficient (Wildman–Crippen LogP) is 25.8. The molecule has 0 bridgehead atoms. The standard InChI is InChI=1S/C112H71N17/c1-70-52-58-92(128-94-60-54-82(109-120-100(73-36-16-4-17-37-73)114-101(121-109)74-38-18-5-19-39-74)66-88(94)89-67-83(55-61-95(89)128)110-122-102(75-40-20-6-21-41-75)115-103(123-110)76-42-22-7-23-43-76)86(64-70)87-65-81(108-118-98(71-32-12-2-13-33-71)113-99(119-108)72-34-14-3-15-35-72)53-59-93(87)129-96-62-56-84(111-124-104(77-44-24-8-25-45-77)116-105(125-111)78-46-26-9-27-47-78)68-90(96)91-69-85(57-63-97(91)129)112-126-106(79-48-28-10-29-49-79)117-107(127-112)80-50-30-11-31-51-80/h2-69H,1H3. The highest BCUT2D eigenvalue weighted by atomic mass is 15.1. The summed E-state index contributed by atoms with van der Waals surface area (Å²) in [6.45, 7) is 2.15. The number of fused-ring (bicyclic) bond motifs is 6. The summed E-state index contributed by atoms with van der Waals surface area (Å²) < 4.78 is 4.77. The maximum atomic E-state index is 5.44. The fourth-order valence-corrected chi connectivity index (χ4v) is 17.0. The number of hydrogen-bond donors (Lipinski definition) is 0.